The van der Waals surface area contributed by atoms with Crippen LogP contribution in [0.25, 0.3) is 10.4 Å². The van der Waals surface area contributed by atoms with Crippen molar-refractivity contribution in [3.63, 3.8) is 0 Å². The lowest BCUT2D eigenvalue weighted by atomic mass is 9.77. The molecule has 0 spiro atoms. The van der Waals surface area contributed by atoms with E-state index in [2.05, 4.69) is 0 Å². The molecule has 5 heterocycles. The summed E-state index contributed by atoms with van der Waals surface area (Å²) in [4.78, 5) is 65.7. The van der Waals surface area contributed by atoms with Gasteiger partial charge in [0.1, 0.15) is 30.6 Å². The van der Waals surface area contributed by atoms with E-state index in [0.29, 0.717) is 16.0 Å². The highest BCUT2D eigenvalue weighted by Gasteiger charge is 2.60. The number of carbonyl (C=O) groups is 4. The molecule has 3 aromatic rings. The van der Waals surface area contributed by atoms with Crippen LogP contribution in [-0.4, -0.2) is 91.4 Å². The minimum atomic E-state index is -1.20. The number of rotatable bonds is 9. The number of ether oxygens (including phenoxy) is 2. The molecular weight excluding hydrogens is 654 g/mol. The average Bonchev–Trinajstić information content (AvgIpc) is 3.78. The van der Waals surface area contributed by atoms with Crippen LogP contribution in [0.1, 0.15) is 36.8 Å². The lowest BCUT2D eigenvalue weighted by Gasteiger charge is -2.46. The lowest BCUT2D eigenvalue weighted by Crippen LogP contribution is -2.63. The molecule has 3 aliphatic rings. The zero-order valence-electron chi connectivity index (χ0n) is 25.8. The minimum absolute atomic E-state index is 0.0629. The number of aliphatic carboxylic acids is 1. The number of nitrogens with zero attached hydrogens (tertiary/aromatic N) is 5. The third-order valence-electron chi connectivity index (χ3n) is 9.09. The molecule has 248 valence electrons. The van der Waals surface area contributed by atoms with Crippen LogP contribution >= 0.6 is 23.1 Å². The van der Waals surface area contributed by atoms with Crippen LogP contribution in [-0.2, 0) is 30.5 Å². The first-order valence-electron chi connectivity index (χ1n) is 14.7. The summed E-state index contributed by atoms with van der Waals surface area (Å²) in [7, 11) is 1.25. The van der Waals surface area contributed by atoms with E-state index in [-0.39, 0.29) is 42.9 Å². The van der Waals surface area contributed by atoms with Crippen molar-refractivity contribution >= 4 is 63.1 Å². The molecule has 2 fully saturated rings. The summed E-state index contributed by atoms with van der Waals surface area (Å²) < 4.78 is 14.3. The Morgan fingerprint density at radius 2 is 1.96 bits per heavy atom. The van der Waals surface area contributed by atoms with E-state index in [4.69, 9.17) is 9.47 Å². The molecule has 0 radical (unpaired) electrons. The predicted molar refractivity (Wildman–Crippen MR) is 166 cm³/mol. The molecule has 2 N–H and O–H groups in total. The quantitative estimate of drug-likeness (QED) is 0.0842. The number of nitro groups is 1. The Kier molecular flexibility index (Phi) is 8.48. The highest BCUT2D eigenvalue weighted by molar-refractivity contribution is 7.98. The van der Waals surface area contributed by atoms with Crippen LogP contribution < -0.4 is 4.57 Å². The number of aliphatic hydroxyl groups excluding tert-OH is 1. The number of imidazole rings is 1. The minimum Gasteiger partial charge on any atom is -0.477 e. The number of thioether (sulfide) groups is 1. The SMILES string of the molecule is COC(=O)C1CC([n+]2cn3cc(C4=C(C(=O)O)N5C(=O)[C@H]([C@@H](C)O)[C@H]5[C@H]4C)sc3c2SC)CN1C(=O)OCc1ccc([N+](=O)[O-])cc1. The fourth-order valence-corrected chi connectivity index (χ4v) is 9.12. The van der Waals surface area contributed by atoms with Gasteiger partial charge < -0.3 is 24.6 Å². The third kappa shape index (κ3) is 5.31. The highest BCUT2D eigenvalue weighted by atomic mass is 32.2. The van der Waals surface area contributed by atoms with Crippen molar-refractivity contribution in [1.82, 2.24) is 14.2 Å². The van der Waals surface area contributed by atoms with Crippen LogP contribution in [0.5, 0.6) is 0 Å². The number of hydrogen-bond donors (Lipinski definition) is 2. The molecule has 47 heavy (non-hydrogen) atoms. The summed E-state index contributed by atoms with van der Waals surface area (Å²) in [5, 5.41) is 32.1. The van der Waals surface area contributed by atoms with Crippen LogP contribution in [0, 0.1) is 22.0 Å². The van der Waals surface area contributed by atoms with Gasteiger partial charge in [-0.1, -0.05) is 30.0 Å². The number of carboxylic acid groups (broad SMARTS) is 1. The first-order chi connectivity index (χ1) is 22.4. The Morgan fingerprint density at radius 1 is 1.26 bits per heavy atom. The van der Waals surface area contributed by atoms with Gasteiger partial charge in [0.2, 0.25) is 15.8 Å². The topological polar surface area (TPSA) is 185 Å². The van der Waals surface area contributed by atoms with Gasteiger partial charge in [0.15, 0.2) is 0 Å². The first-order valence-corrected chi connectivity index (χ1v) is 16.7. The second kappa shape index (κ2) is 12.3. The molecule has 2 aromatic heterocycles. The van der Waals surface area contributed by atoms with Gasteiger partial charge in [-0.15, -0.1) is 0 Å². The van der Waals surface area contributed by atoms with Crippen LogP contribution in [0.3, 0.4) is 0 Å². The molecule has 0 bridgehead atoms. The number of β-lactam (4-membered cyclic amide) rings is 1. The number of esters is 1. The van der Waals surface area contributed by atoms with Gasteiger partial charge in [-0.2, -0.15) is 4.40 Å². The third-order valence-corrected chi connectivity index (χ3v) is 11.1. The van der Waals surface area contributed by atoms with Crippen molar-refractivity contribution in [3.05, 3.63) is 63.0 Å². The van der Waals surface area contributed by atoms with Gasteiger partial charge in [-0.25, -0.2) is 19.0 Å². The van der Waals surface area contributed by atoms with Crippen LogP contribution in [0.4, 0.5) is 10.5 Å². The van der Waals surface area contributed by atoms with Gasteiger partial charge in [-0.3, -0.25) is 19.8 Å². The lowest BCUT2D eigenvalue weighted by molar-refractivity contribution is -0.751. The van der Waals surface area contributed by atoms with E-state index >= 15 is 0 Å². The standard InChI is InChI=1S/C30H31N5O10S2/c1-14-21(24(28(38)39)34-23(14)22(15(2)36)25(34)37)20-11-31-13-33(27(46-4)26(31)47-20)18-9-19(29(40)44-3)32(10-18)30(41)45-12-16-5-7-17(8-6-16)35(42)43/h5-8,11,13-15,18-19,22-23,36H,9-10,12H2,1-4H3/p+1/t14-,15+,18?,19?,22+,23+/m0/s1. The molecule has 0 aliphatic carbocycles. The maximum atomic E-state index is 13.2. The van der Waals surface area contributed by atoms with Gasteiger partial charge in [0, 0.05) is 30.0 Å². The smallest absolute Gasteiger partial charge is 0.411 e. The Morgan fingerprint density at radius 3 is 2.55 bits per heavy atom. The largest absolute Gasteiger partial charge is 0.477 e. The van der Waals surface area contributed by atoms with Crippen LogP contribution in [0.2, 0.25) is 0 Å². The number of carboxylic acids is 1. The second-order valence-electron chi connectivity index (χ2n) is 11.7. The van der Waals surface area contributed by atoms with E-state index in [9.17, 15) is 39.5 Å². The van der Waals surface area contributed by atoms with Crippen molar-refractivity contribution in [2.24, 2.45) is 11.8 Å². The fourth-order valence-electron chi connectivity index (χ4n) is 6.89. The van der Waals surface area contributed by atoms with Crippen LogP contribution in [0.15, 0.2) is 47.5 Å². The Labute approximate surface area is 276 Å². The molecule has 6 atom stereocenters. The van der Waals surface area contributed by atoms with E-state index in [1.165, 1.54) is 71.2 Å². The van der Waals surface area contributed by atoms with E-state index in [1.807, 2.05) is 34.7 Å². The molecule has 15 nitrogen and oxygen atoms in total. The number of aromatic nitrogens is 2. The molecule has 2 unspecified atom stereocenters. The monoisotopic (exact) mass is 686 g/mol. The zero-order chi connectivity index (χ0) is 33.9. The van der Waals surface area contributed by atoms with Gasteiger partial charge in [-0.05, 0) is 30.9 Å². The number of amides is 2. The number of hydrogen-bond acceptors (Lipinski definition) is 11. The maximum Gasteiger partial charge on any atom is 0.411 e. The van der Waals surface area contributed by atoms with E-state index in [1.54, 1.807) is 0 Å². The van der Waals surface area contributed by atoms with Crippen molar-refractivity contribution in [2.75, 3.05) is 19.9 Å². The number of non-ortho nitro benzene ring substituents is 1. The summed E-state index contributed by atoms with van der Waals surface area (Å²) in [5.41, 5.74) is 0.938. The highest BCUT2D eigenvalue weighted by Crippen LogP contribution is 2.51. The predicted octanol–water partition coefficient (Wildman–Crippen LogP) is 2.70. The number of fused-ring (bicyclic) bond motifs is 2. The van der Waals surface area contributed by atoms with Crippen molar-refractivity contribution in [2.45, 2.75) is 56.1 Å². The Bertz CT molecular complexity index is 1830. The normalized spacial score (nSPS) is 24.4. The number of thiazole rings is 1. The summed E-state index contributed by atoms with van der Waals surface area (Å²) in [6.07, 6.45) is 4.18. The molecule has 6 rings (SSSR count). The van der Waals surface area contributed by atoms with Crippen molar-refractivity contribution in [1.29, 1.82) is 0 Å². The molecule has 1 aromatic carbocycles. The summed E-state index contributed by atoms with van der Waals surface area (Å²) >= 11 is 2.84. The van der Waals surface area contributed by atoms with Gasteiger partial charge in [0.05, 0.1) is 41.5 Å². The molecular formula is C30H32N5O10S2+. The summed E-state index contributed by atoms with van der Waals surface area (Å²) in [5.74, 6) is -3.17. The summed E-state index contributed by atoms with van der Waals surface area (Å²) in [6.45, 7) is 3.41. The second-order valence-corrected chi connectivity index (χ2v) is 13.5. The number of methoxy groups -OCH3 is 1. The maximum absolute atomic E-state index is 13.2. The average molecular weight is 687 g/mol. The fraction of sp³-hybridized carbons (Fsp3) is 0.433. The molecule has 2 amide bonds. The molecule has 3 aliphatic heterocycles. The molecule has 0 saturated carbocycles. The molecule has 2 saturated heterocycles. The van der Waals surface area contributed by atoms with Gasteiger partial charge in [0.25, 0.3) is 12.0 Å². The summed E-state index contributed by atoms with van der Waals surface area (Å²) in [6, 6.07) is 3.95. The van der Waals surface area contributed by atoms with Gasteiger partial charge >= 0.3 is 18.0 Å². The first kappa shape index (κ1) is 32.5. The van der Waals surface area contributed by atoms with Crippen molar-refractivity contribution in [3.8, 4) is 0 Å². The van der Waals surface area contributed by atoms with Crippen molar-refractivity contribution < 1.29 is 48.4 Å². The number of aliphatic hydroxyl groups is 1. The van der Waals surface area contributed by atoms with E-state index in [0.717, 1.165) is 9.86 Å². The Hall–Kier alpha value is -4.48. The Balaban J connectivity index is 1.26. The number of nitro benzene ring substituents is 1. The number of likely N-dealkylation sites (tertiary alicyclic amines) is 1. The number of carbonyl (C=O) groups excluding carboxylic acids is 3. The van der Waals surface area contributed by atoms with E-state index < -0.39 is 53.0 Å². The zero-order valence-corrected chi connectivity index (χ0v) is 27.4. The molecule has 17 heteroatoms. The number of benzene rings is 1.